The van der Waals surface area contributed by atoms with Gasteiger partial charge in [0.1, 0.15) is 16.4 Å². The van der Waals surface area contributed by atoms with Crippen LogP contribution < -0.4 is 0 Å². The van der Waals surface area contributed by atoms with Crippen LogP contribution in [0.1, 0.15) is 36.7 Å². The highest BCUT2D eigenvalue weighted by atomic mass is 35.5. The second-order valence-electron chi connectivity index (χ2n) is 10.2. The normalized spacial score (nSPS) is 12.2. The molecule has 0 aliphatic carbocycles. The third kappa shape index (κ3) is 5.51. The van der Waals surface area contributed by atoms with E-state index in [0.29, 0.717) is 27.1 Å². The molecule has 0 radical (unpaired) electrons. The molecule has 11 heteroatoms. The number of carbonyl (C=O) groups excluding carboxylic acids is 1. The zero-order chi connectivity index (χ0) is 29.6. The number of hydrogen-bond donors (Lipinski definition) is 1. The van der Waals surface area contributed by atoms with E-state index in [-0.39, 0.29) is 43.4 Å². The Morgan fingerprint density at radius 1 is 1.00 bits per heavy atom. The van der Waals surface area contributed by atoms with Gasteiger partial charge in [-0.05, 0) is 53.5 Å². The Morgan fingerprint density at radius 2 is 1.71 bits per heavy atom. The highest BCUT2D eigenvalue weighted by molar-refractivity contribution is 6.42. The number of hydrogen-bond acceptors (Lipinski definition) is 5. The van der Waals surface area contributed by atoms with Crippen LogP contribution in [0.4, 0.5) is 0 Å². The van der Waals surface area contributed by atoms with Gasteiger partial charge < -0.3 is 9.63 Å². The molecule has 0 amide bonds. The molecule has 2 aromatic carbocycles. The van der Waals surface area contributed by atoms with Crippen molar-refractivity contribution >= 4 is 75.3 Å². The fourth-order valence-electron chi connectivity index (χ4n) is 4.50. The van der Waals surface area contributed by atoms with Crippen molar-refractivity contribution < 1.29 is 19.2 Å². The molecule has 5 aromatic rings. The van der Waals surface area contributed by atoms with E-state index in [4.69, 9.17) is 50.9 Å². The Labute approximate surface area is 254 Å². The number of carboxylic acid groups (broad SMARTS) is 1. The molecular weight excluding hydrogens is 608 g/mol. The van der Waals surface area contributed by atoms with Crippen LogP contribution in [0.3, 0.4) is 0 Å². The summed E-state index contributed by atoms with van der Waals surface area (Å²) in [5.74, 6) is -1.37. The number of rotatable bonds is 5. The predicted molar refractivity (Wildman–Crippen MR) is 162 cm³/mol. The average Bonchev–Trinajstić information content (AvgIpc) is 3.51. The van der Waals surface area contributed by atoms with E-state index in [1.165, 1.54) is 22.9 Å². The number of nitrogens with zero attached hydrogens (tertiary/aromatic N) is 3. The second kappa shape index (κ2) is 11.0. The number of halogens is 4. The minimum Gasteiger partial charge on any atom is -0.478 e. The smallest absolute Gasteiger partial charge is 0.332 e. The van der Waals surface area contributed by atoms with Gasteiger partial charge in [0.2, 0.25) is 0 Å². The molecule has 3 aromatic heterocycles. The zero-order valence-corrected chi connectivity index (χ0v) is 24.9. The molecule has 0 bridgehead atoms. The third-order valence-electron chi connectivity index (χ3n) is 6.46. The van der Waals surface area contributed by atoms with Gasteiger partial charge in [0.25, 0.3) is 5.91 Å². The van der Waals surface area contributed by atoms with Crippen molar-refractivity contribution in [1.82, 2.24) is 14.7 Å². The van der Waals surface area contributed by atoms with E-state index in [0.717, 1.165) is 0 Å². The van der Waals surface area contributed by atoms with Crippen molar-refractivity contribution in [3.8, 4) is 22.6 Å². The summed E-state index contributed by atoms with van der Waals surface area (Å²) in [6, 6.07) is 13.3. The number of pyridine rings is 1. The van der Waals surface area contributed by atoms with Crippen molar-refractivity contribution in [3.05, 3.63) is 97.8 Å². The summed E-state index contributed by atoms with van der Waals surface area (Å²) in [5.41, 5.74) is 1.74. The van der Waals surface area contributed by atoms with Crippen molar-refractivity contribution in [2.75, 3.05) is 0 Å². The summed E-state index contributed by atoms with van der Waals surface area (Å²) in [4.78, 5) is 30.4. The number of aromatic nitrogens is 3. The molecule has 0 unspecified atom stereocenters. The molecule has 41 heavy (non-hydrogen) atoms. The third-order valence-corrected chi connectivity index (χ3v) is 7.50. The molecule has 0 fully saturated rings. The van der Waals surface area contributed by atoms with Gasteiger partial charge >= 0.3 is 5.97 Å². The van der Waals surface area contributed by atoms with Crippen LogP contribution in [-0.2, 0) is 4.79 Å². The highest BCUT2D eigenvalue weighted by Crippen LogP contribution is 2.42. The van der Waals surface area contributed by atoms with Crippen molar-refractivity contribution in [3.63, 3.8) is 0 Å². The Balaban J connectivity index is 1.73. The minimum absolute atomic E-state index is 0.0830. The van der Waals surface area contributed by atoms with Gasteiger partial charge in [0, 0.05) is 39.5 Å². The summed E-state index contributed by atoms with van der Waals surface area (Å²) >= 11 is 25.2. The molecule has 208 valence electrons. The summed E-state index contributed by atoms with van der Waals surface area (Å²) < 4.78 is 7.13. The molecule has 0 atom stereocenters. The second-order valence-corrected chi connectivity index (χ2v) is 11.9. The predicted octanol–water partition coefficient (Wildman–Crippen LogP) is 9.17. The molecular formula is C30H21Cl4N3O4. The maximum absolute atomic E-state index is 14.3. The van der Waals surface area contributed by atoms with Gasteiger partial charge in [-0.1, -0.05) is 84.5 Å². The van der Waals surface area contributed by atoms with Crippen molar-refractivity contribution in [1.29, 1.82) is 0 Å². The molecule has 0 aliphatic rings. The fraction of sp³-hybridized carbons (Fsp3) is 0.133. The van der Waals surface area contributed by atoms with E-state index in [1.54, 1.807) is 48.7 Å². The summed E-state index contributed by atoms with van der Waals surface area (Å²) in [6.45, 7) is 5.49. The van der Waals surface area contributed by atoms with Gasteiger partial charge in [0.15, 0.2) is 5.76 Å². The molecule has 0 spiro atoms. The SMILES string of the molecule is CC(C)(C)/C(=C\c1cccc2c1ccn2C(=O)c1c(-c2c(Cl)cc(Cl)cc2Cl)noc1-c1ccc(Cl)nc1)C(=O)O. The van der Waals surface area contributed by atoms with Crippen LogP contribution >= 0.6 is 46.4 Å². The quantitative estimate of drug-likeness (QED) is 0.154. The lowest BCUT2D eigenvalue weighted by atomic mass is 9.85. The van der Waals surface area contributed by atoms with E-state index in [9.17, 15) is 14.7 Å². The standard InChI is InChI=1S/C30H21Cl4N3O4/c1-30(2,3)19(29(39)40)11-15-5-4-6-22-18(15)9-10-37(22)28(38)25-26(24-20(32)12-17(31)13-21(24)33)36-41-27(25)16-7-8-23(34)35-14-16/h4-14H,1-3H3,(H,39,40)/b19-11-. The average molecular weight is 629 g/mol. The molecule has 0 aliphatic heterocycles. The van der Waals surface area contributed by atoms with Crippen LogP contribution in [0.2, 0.25) is 20.2 Å². The Morgan fingerprint density at radius 3 is 2.32 bits per heavy atom. The van der Waals surface area contributed by atoms with Gasteiger partial charge in [-0.3, -0.25) is 9.36 Å². The van der Waals surface area contributed by atoms with Crippen LogP contribution in [0.5, 0.6) is 0 Å². The number of fused-ring (bicyclic) bond motifs is 1. The Kier molecular flexibility index (Phi) is 7.74. The van der Waals surface area contributed by atoms with Gasteiger partial charge in [-0.15, -0.1) is 0 Å². The first kappa shape index (κ1) is 28.9. The van der Waals surface area contributed by atoms with Crippen LogP contribution in [0, 0.1) is 5.41 Å². The lowest BCUT2D eigenvalue weighted by molar-refractivity contribution is -0.133. The van der Waals surface area contributed by atoms with Gasteiger partial charge in [-0.2, -0.15) is 0 Å². The molecule has 5 rings (SSSR count). The zero-order valence-electron chi connectivity index (χ0n) is 21.9. The molecule has 0 saturated heterocycles. The molecule has 3 heterocycles. The fourth-order valence-corrected chi connectivity index (χ4v) is 5.61. The lowest BCUT2D eigenvalue weighted by Crippen LogP contribution is -2.17. The van der Waals surface area contributed by atoms with Crippen LogP contribution in [-0.4, -0.2) is 31.7 Å². The summed E-state index contributed by atoms with van der Waals surface area (Å²) in [5, 5.41) is 15.6. The maximum atomic E-state index is 14.3. The summed E-state index contributed by atoms with van der Waals surface area (Å²) in [7, 11) is 0. The first-order chi connectivity index (χ1) is 19.4. The number of carboxylic acids is 1. The number of benzene rings is 2. The highest BCUT2D eigenvalue weighted by Gasteiger charge is 2.30. The van der Waals surface area contributed by atoms with Crippen LogP contribution in [0.25, 0.3) is 39.6 Å². The monoisotopic (exact) mass is 627 g/mol. The van der Waals surface area contributed by atoms with E-state index in [2.05, 4.69) is 10.1 Å². The molecule has 0 saturated carbocycles. The Bertz CT molecular complexity index is 1840. The van der Waals surface area contributed by atoms with Gasteiger partial charge in [0.05, 0.1) is 15.6 Å². The van der Waals surface area contributed by atoms with E-state index >= 15 is 0 Å². The molecule has 7 nitrogen and oxygen atoms in total. The molecule has 1 N–H and O–H groups in total. The maximum Gasteiger partial charge on any atom is 0.332 e. The number of carbonyl (C=O) groups is 2. The first-order valence-electron chi connectivity index (χ1n) is 12.2. The first-order valence-corrected chi connectivity index (χ1v) is 13.7. The van der Waals surface area contributed by atoms with Crippen LogP contribution in [0.15, 0.2) is 71.0 Å². The number of aliphatic carboxylic acids is 1. The minimum atomic E-state index is -1.02. The van der Waals surface area contributed by atoms with Gasteiger partial charge in [-0.25, -0.2) is 9.78 Å². The van der Waals surface area contributed by atoms with Crippen molar-refractivity contribution in [2.45, 2.75) is 20.8 Å². The topological polar surface area (TPSA) is 98.2 Å². The lowest BCUT2D eigenvalue weighted by Gasteiger charge is -2.19. The summed E-state index contributed by atoms with van der Waals surface area (Å²) in [6.07, 6.45) is 4.70. The van der Waals surface area contributed by atoms with E-state index < -0.39 is 17.3 Å². The largest absolute Gasteiger partial charge is 0.478 e. The van der Waals surface area contributed by atoms with E-state index in [1.807, 2.05) is 20.8 Å². The van der Waals surface area contributed by atoms with Crippen molar-refractivity contribution in [2.24, 2.45) is 5.41 Å². The Hall–Kier alpha value is -3.62.